The van der Waals surface area contributed by atoms with Crippen LogP contribution in [0.3, 0.4) is 0 Å². The van der Waals surface area contributed by atoms with Crippen molar-refractivity contribution in [2.45, 2.75) is 40.0 Å². The Kier molecular flexibility index (Phi) is 6.61. The predicted molar refractivity (Wildman–Crippen MR) is 81.6 cm³/mol. The molecule has 4 nitrogen and oxygen atoms in total. The number of hydrogen-bond acceptors (Lipinski definition) is 3. The lowest BCUT2D eigenvalue weighted by Crippen LogP contribution is -2.35. The summed E-state index contributed by atoms with van der Waals surface area (Å²) < 4.78 is 0. The molecule has 0 aliphatic heterocycles. The first-order valence-corrected chi connectivity index (χ1v) is 7.25. The Bertz CT molecular complexity index is 558. The summed E-state index contributed by atoms with van der Waals surface area (Å²) in [5, 5.41) is 11.6. The van der Waals surface area contributed by atoms with Crippen molar-refractivity contribution in [3.8, 4) is 6.07 Å². The van der Waals surface area contributed by atoms with Crippen molar-refractivity contribution in [2.75, 3.05) is 6.54 Å². The van der Waals surface area contributed by atoms with Crippen molar-refractivity contribution in [2.24, 2.45) is 5.92 Å². The van der Waals surface area contributed by atoms with E-state index < -0.39 is 11.8 Å². The molecule has 0 aromatic heterocycles. The zero-order valence-electron chi connectivity index (χ0n) is 12.9. The molecule has 0 fully saturated rings. The van der Waals surface area contributed by atoms with Gasteiger partial charge in [-0.3, -0.25) is 9.59 Å². The second-order valence-corrected chi connectivity index (χ2v) is 5.25. The molecule has 0 bridgehead atoms. The van der Waals surface area contributed by atoms with Gasteiger partial charge in [-0.25, -0.2) is 0 Å². The van der Waals surface area contributed by atoms with E-state index in [2.05, 4.69) is 11.4 Å². The lowest BCUT2D eigenvalue weighted by Gasteiger charge is -2.10. The highest BCUT2D eigenvalue weighted by Gasteiger charge is 2.25. The number of nitriles is 1. The highest BCUT2D eigenvalue weighted by molar-refractivity contribution is 6.03. The van der Waals surface area contributed by atoms with E-state index in [9.17, 15) is 9.59 Å². The molecule has 0 aliphatic rings. The number of ketones is 1. The van der Waals surface area contributed by atoms with E-state index >= 15 is 0 Å². The molecule has 1 aromatic carbocycles. The maximum absolute atomic E-state index is 12.0. The Morgan fingerprint density at radius 3 is 2.62 bits per heavy atom. The quantitative estimate of drug-likeness (QED) is 0.783. The fraction of sp³-hybridized carbons (Fsp3) is 0.471. The van der Waals surface area contributed by atoms with Crippen LogP contribution in [0.25, 0.3) is 0 Å². The van der Waals surface area contributed by atoms with E-state index in [1.165, 1.54) is 5.56 Å². The zero-order valence-corrected chi connectivity index (χ0v) is 12.9. The van der Waals surface area contributed by atoms with Crippen LogP contribution in [0.4, 0.5) is 0 Å². The predicted octanol–water partition coefficient (Wildman–Crippen LogP) is 2.47. The summed E-state index contributed by atoms with van der Waals surface area (Å²) in [6.45, 7) is 6.43. The van der Waals surface area contributed by atoms with Crippen molar-refractivity contribution < 1.29 is 9.59 Å². The molecule has 0 saturated heterocycles. The summed E-state index contributed by atoms with van der Waals surface area (Å²) in [5.41, 5.74) is 3.39. The Morgan fingerprint density at radius 1 is 1.33 bits per heavy atom. The number of hydrogen-bond donors (Lipinski definition) is 1. The van der Waals surface area contributed by atoms with Gasteiger partial charge in [0.1, 0.15) is 0 Å². The molecule has 0 spiro atoms. The topological polar surface area (TPSA) is 70.0 Å². The minimum atomic E-state index is -1.19. The molecule has 0 heterocycles. The van der Waals surface area contributed by atoms with Crippen LogP contribution in [0.15, 0.2) is 18.2 Å². The van der Waals surface area contributed by atoms with Crippen molar-refractivity contribution in [3.05, 3.63) is 34.9 Å². The maximum atomic E-state index is 12.0. The maximum Gasteiger partial charge on any atom is 0.244 e. The van der Waals surface area contributed by atoms with Gasteiger partial charge >= 0.3 is 0 Å². The third-order valence-corrected chi connectivity index (χ3v) is 3.40. The summed E-state index contributed by atoms with van der Waals surface area (Å²) in [6.07, 6.45) is 1.55. The second-order valence-electron chi connectivity index (χ2n) is 5.25. The standard InChI is InChI=1S/C17H22N2O2/c1-4-9-19-17(21)15(11-18)16(20)8-7-14-6-5-12(2)10-13(14)3/h5-6,10,15H,4,7-9H2,1-3H3,(H,19,21). The first-order chi connectivity index (χ1) is 9.99. The number of aryl methyl sites for hydroxylation is 3. The number of carbonyl (C=O) groups is 2. The molecule has 0 aliphatic carbocycles. The van der Waals surface area contributed by atoms with Crippen molar-refractivity contribution >= 4 is 11.7 Å². The fourth-order valence-corrected chi connectivity index (χ4v) is 2.16. The van der Waals surface area contributed by atoms with Crippen LogP contribution >= 0.6 is 0 Å². The van der Waals surface area contributed by atoms with E-state index in [0.29, 0.717) is 13.0 Å². The minimum absolute atomic E-state index is 0.210. The molecule has 1 N–H and O–H groups in total. The Balaban J connectivity index is 2.63. The lowest BCUT2D eigenvalue weighted by molar-refractivity contribution is -0.131. The van der Waals surface area contributed by atoms with E-state index in [4.69, 9.17) is 5.26 Å². The molecule has 112 valence electrons. The number of nitrogens with zero attached hydrogens (tertiary/aromatic N) is 1. The van der Waals surface area contributed by atoms with Crippen LogP contribution < -0.4 is 5.32 Å². The van der Waals surface area contributed by atoms with Gasteiger partial charge in [-0.1, -0.05) is 30.7 Å². The molecular weight excluding hydrogens is 264 g/mol. The van der Waals surface area contributed by atoms with Crippen LogP contribution in [0.2, 0.25) is 0 Å². The lowest BCUT2D eigenvalue weighted by atomic mass is 9.96. The van der Waals surface area contributed by atoms with Gasteiger partial charge in [0.05, 0.1) is 6.07 Å². The Hall–Kier alpha value is -2.15. The van der Waals surface area contributed by atoms with Crippen LogP contribution in [0, 0.1) is 31.1 Å². The largest absolute Gasteiger partial charge is 0.355 e. The van der Waals surface area contributed by atoms with Gasteiger partial charge in [0.25, 0.3) is 0 Å². The van der Waals surface area contributed by atoms with E-state index in [0.717, 1.165) is 17.5 Å². The average molecular weight is 286 g/mol. The van der Waals surface area contributed by atoms with Crippen LogP contribution in [-0.2, 0) is 16.0 Å². The Labute approximate surface area is 126 Å². The molecule has 1 aromatic rings. The molecule has 1 atom stereocenters. The van der Waals surface area contributed by atoms with Gasteiger partial charge in [0, 0.05) is 13.0 Å². The van der Waals surface area contributed by atoms with Gasteiger partial charge in [-0.05, 0) is 37.8 Å². The summed E-state index contributed by atoms with van der Waals surface area (Å²) in [6, 6.07) is 7.87. The number of amides is 1. The van der Waals surface area contributed by atoms with Crippen LogP contribution in [0.5, 0.6) is 0 Å². The molecule has 1 unspecified atom stereocenters. The van der Waals surface area contributed by atoms with Crippen LogP contribution in [0.1, 0.15) is 36.5 Å². The highest BCUT2D eigenvalue weighted by atomic mass is 16.2. The Morgan fingerprint density at radius 2 is 2.05 bits per heavy atom. The molecular formula is C17H22N2O2. The number of carbonyl (C=O) groups excluding carboxylic acids is 2. The monoisotopic (exact) mass is 286 g/mol. The third-order valence-electron chi connectivity index (χ3n) is 3.40. The smallest absolute Gasteiger partial charge is 0.244 e. The first-order valence-electron chi connectivity index (χ1n) is 7.25. The average Bonchev–Trinajstić information content (AvgIpc) is 2.45. The molecule has 0 radical (unpaired) electrons. The summed E-state index contributed by atoms with van der Waals surface area (Å²) in [5.74, 6) is -1.99. The molecule has 4 heteroatoms. The van der Waals surface area contributed by atoms with Crippen molar-refractivity contribution in [1.29, 1.82) is 5.26 Å². The minimum Gasteiger partial charge on any atom is -0.355 e. The SMILES string of the molecule is CCCNC(=O)C(C#N)C(=O)CCc1ccc(C)cc1C. The zero-order chi connectivity index (χ0) is 15.8. The number of nitrogens with one attached hydrogen (secondary N) is 1. The van der Waals surface area contributed by atoms with E-state index in [1.807, 2.05) is 39.0 Å². The normalized spacial score (nSPS) is 11.5. The number of Topliss-reactive ketones (excluding diaryl/α,β-unsaturated/α-hetero) is 1. The van der Waals surface area contributed by atoms with Gasteiger partial charge in [-0.15, -0.1) is 0 Å². The number of rotatable bonds is 7. The molecule has 1 amide bonds. The summed E-state index contributed by atoms with van der Waals surface area (Å²) in [7, 11) is 0. The van der Waals surface area contributed by atoms with Gasteiger partial charge < -0.3 is 5.32 Å². The molecule has 0 saturated carbocycles. The van der Waals surface area contributed by atoms with Gasteiger partial charge in [0.2, 0.25) is 5.91 Å². The molecule has 1 rings (SSSR count). The number of benzene rings is 1. The second kappa shape index (κ2) is 8.21. The van der Waals surface area contributed by atoms with E-state index in [1.54, 1.807) is 0 Å². The fourth-order valence-electron chi connectivity index (χ4n) is 2.16. The van der Waals surface area contributed by atoms with Gasteiger partial charge in [-0.2, -0.15) is 5.26 Å². The van der Waals surface area contributed by atoms with Crippen molar-refractivity contribution in [3.63, 3.8) is 0 Å². The van der Waals surface area contributed by atoms with Gasteiger partial charge in [0.15, 0.2) is 11.7 Å². The first kappa shape index (κ1) is 16.9. The van der Waals surface area contributed by atoms with Crippen LogP contribution in [-0.4, -0.2) is 18.2 Å². The van der Waals surface area contributed by atoms with E-state index in [-0.39, 0.29) is 12.2 Å². The summed E-state index contributed by atoms with van der Waals surface area (Å²) in [4.78, 5) is 23.8. The molecule has 21 heavy (non-hydrogen) atoms. The third kappa shape index (κ3) is 5.03. The van der Waals surface area contributed by atoms with Crippen molar-refractivity contribution in [1.82, 2.24) is 5.32 Å². The highest BCUT2D eigenvalue weighted by Crippen LogP contribution is 2.14. The summed E-state index contributed by atoms with van der Waals surface area (Å²) >= 11 is 0.